The maximum absolute atomic E-state index is 12.5. The monoisotopic (exact) mass is 1140 g/mol. The lowest BCUT2D eigenvalue weighted by molar-refractivity contribution is -0.362. The molecule has 4 aromatic rings. The maximum atomic E-state index is 12.5. The molecule has 0 radical (unpaired) electrons. The van der Waals surface area contributed by atoms with Crippen LogP contribution < -0.4 is 15.7 Å². The van der Waals surface area contributed by atoms with Crippen LogP contribution in [-0.2, 0) is 74.5 Å². The van der Waals surface area contributed by atoms with Crippen molar-refractivity contribution in [2.45, 2.75) is 186 Å². The number of hydrogen-bond acceptors (Lipinski definition) is 16. The molecule has 0 aliphatic carbocycles. The predicted molar refractivity (Wildman–Crippen MR) is 306 cm³/mol. The fourth-order valence-electron chi connectivity index (χ4n) is 12.3. The highest BCUT2D eigenvalue weighted by atomic mass is 28.4. The third-order valence-corrected chi connectivity index (χ3v) is 21.8. The number of nitrogens with one attached hydrogen (secondary N) is 1. The number of carbonyl (C=O) groups excluding carboxylic acids is 1. The maximum Gasteiger partial charge on any atom is 0.302 e. The summed E-state index contributed by atoms with van der Waals surface area (Å²) in [7, 11) is 0.508. The van der Waals surface area contributed by atoms with E-state index in [0.29, 0.717) is 0 Å². The molecule has 8 unspecified atom stereocenters. The molecule has 4 heterocycles. The van der Waals surface area contributed by atoms with E-state index in [0.717, 1.165) is 21.5 Å². The second kappa shape index (κ2) is 28.3. The minimum Gasteiger partial charge on any atom is -0.463 e. The molecule has 20 atom stereocenters. The van der Waals surface area contributed by atoms with E-state index in [1.165, 1.54) is 6.92 Å². The number of nitrogens with zero attached hydrogens (tertiary/aromatic N) is 3. The van der Waals surface area contributed by atoms with Gasteiger partial charge >= 0.3 is 5.97 Å². The highest BCUT2D eigenvalue weighted by molar-refractivity contribution is 6.99. The molecule has 0 amide bonds. The molecule has 4 aromatic carbocycles. The number of rotatable bonds is 22. The number of ether oxygens (including phenoxy) is 11. The van der Waals surface area contributed by atoms with Crippen LogP contribution in [0.25, 0.3) is 10.4 Å². The number of carbonyl (C=O) groups is 1. The van der Waals surface area contributed by atoms with Gasteiger partial charge in [0.1, 0.15) is 31.0 Å². The van der Waals surface area contributed by atoms with E-state index in [1.54, 1.807) is 14.0 Å². The molecule has 4 aliphatic heterocycles. The number of methoxy groups -OCH3 is 1. The third kappa shape index (κ3) is 14.3. The fraction of sp³-hybridized carbons (Fsp3) is 0.597. The first-order chi connectivity index (χ1) is 38.9. The highest BCUT2D eigenvalue weighted by Gasteiger charge is 2.56. The molecule has 4 aliphatic rings. The van der Waals surface area contributed by atoms with Crippen LogP contribution in [0.15, 0.2) is 126 Å². The normalized spacial score (nSPS) is 34.7. The minimum atomic E-state index is -3.03. The largest absolute Gasteiger partial charge is 0.463 e. The van der Waals surface area contributed by atoms with Crippen molar-refractivity contribution in [3.8, 4) is 0 Å². The molecular weight excluding hydrogens is 1050 g/mol. The summed E-state index contributed by atoms with van der Waals surface area (Å²) < 4.78 is 80.7. The fourth-order valence-corrected chi connectivity index (χ4v) is 16.9. The number of aliphatic hydroxyl groups is 1. The molecule has 0 aromatic heterocycles. The lowest BCUT2D eigenvalue weighted by Gasteiger charge is -2.51. The van der Waals surface area contributed by atoms with Gasteiger partial charge in [-0.1, -0.05) is 175 Å². The molecule has 0 bridgehead atoms. The summed E-state index contributed by atoms with van der Waals surface area (Å²) in [4.78, 5) is 15.8. The first-order valence-corrected chi connectivity index (χ1v) is 30.5. The molecule has 81 heavy (non-hydrogen) atoms. The van der Waals surface area contributed by atoms with E-state index in [4.69, 9.17) is 56.5 Å². The lowest BCUT2D eigenvalue weighted by Crippen LogP contribution is -2.68. The van der Waals surface area contributed by atoms with Crippen LogP contribution in [0.3, 0.4) is 0 Å². The quantitative estimate of drug-likeness (QED) is 0.0250. The van der Waals surface area contributed by atoms with Crippen molar-refractivity contribution >= 4 is 24.7 Å². The standard InChI is InChI=1S/C62H86N4O14Si/c1-37-50(64-11)60(69-12)76-49(36-73-81(62(8,9)10,46-29-21-15-22-30-46)47-31-23-16-24-32-47)53(37)78-59-40(4)56(72-34-45-27-19-14-20-28-45)57(42(6)75-59)80-61-51(65-66-63)38(2)54(48(77-61)35-70-43(7)67)79-58-39(3)55(52(68)41(5)74-58)71-33-44-25-17-13-18-26-44/h13-32,37-42,48-61,64,68H,33-36H2,1-12H3/t37-,38-,39?,40?,41?,42?,48?,49?,50?,51?,52-,53+,54+,55+,56+,57-,58+,59+,60-,61-/m1/s1. The molecule has 0 spiro atoms. The van der Waals surface area contributed by atoms with Crippen molar-refractivity contribution in [2.24, 2.45) is 28.8 Å². The van der Waals surface area contributed by atoms with Gasteiger partial charge in [-0.2, -0.15) is 0 Å². The van der Waals surface area contributed by atoms with Crippen molar-refractivity contribution in [3.05, 3.63) is 143 Å². The van der Waals surface area contributed by atoms with Crippen LogP contribution in [0.4, 0.5) is 0 Å². The van der Waals surface area contributed by atoms with Gasteiger partial charge in [-0.05, 0) is 58.9 Å². The summed E-state index contributed by atoms with van der Waals surface area (Å²) in [5, 5.41) is 21.0. The molecule has 4 fully saturated rings. The van der Waals surface area contributed by atoms with Crippen molar-refractivity contribution < 1.29 is 66.4 Å². The van der Waals surface area contributed by atoms with E-state index in [9.17, 15) is 15.4 Å². The van der Waals surface area contributed by atoms with Crippen molar-refractivity contribution in [3.63, 3.8) is 0 Å². The molecule has 442 valence electrons. The van der Waals surface area contributed by atoms with Crippen molar-refractivity contribution in [2.75, 3.05) is 27.4 Å². The summed E-state index contributed by atoms with van der Waals surface area (Å²) in [6.45, 7) is 20.1. The first-order valence-electron chi connectivity index (χ1n) is 28.6. The molecule has 19 heteroatoms. The van der Waals surface area contributed by atoms with Gasteiger partial charge in [0, 0.05) is 36.7 Å². The van der Waals surface area contributed by atoms with Gasteiger partial charge in [-0.3, -0.25) is 4.79 Å². The van der Waals surface area contributed by atoms with Crippen LogP contribution in [0.5, 0.6) is 0 Å². The lowest BCUT2D eigenvalue weighted by atomic mass is 9.87. The first kappa shape index (κ1) is 62.4. The van der Waals surface area contributed by atoms with Gasteiger partial charge in [-0.15, -0.1) is 0 Å². The third-order valence-electron chi connectivity index (χ3n) is 16.8. The van der Waals surface area contributed by atoms with Gasteiger partial charge in [0.05, 0.1) is 68.5 Å². The van der Waals surface area contributed by atoms with Gasteiger partial charge in [-0.25, -0.2) is 0 Å². The molecular formula is C62H86N4O14Si. The number of likely N-dealkylation sites (N-methyl/N-ethyl adjacent to an activating group) is 1. The Hall–Kier alpha value is -4.64. The van der Waals surface area contributed by atoms with Gasteiger partial charge in [0.2, 0.25) is 0 Å². The molecule has 4 saturated heterocycles. The Labute approximate surface area is 479 Å². The van der Waals surface area contributed by atoms with E-state index in [2.05, 4.69) is 91.6 Å². The Balaban J connectivity index is 1.07. The van der Waals surface area contributed by atoms with Gasteiger partial charge in [0.15, 0.2) is 25.2 Å². The summed E-state index contributed by atoms with van der Waals surface area (Å²) in [5.41, 5.74) is 12.1. The van der Waals surface area contributed by atoms with E-state index >= 15 is 0 Å². The van der Waals surface area contributed by atoms with Crippen LogP contribution in [0.2, 0.25) is 5.04 Å². The Morgan fingerprint density at radius 1 is 0.617 bits per heavy atom. The molecule has 0 saturated carbocycles. The Morgan fingerprint density at radius 3 is 1.59 bits per heavy atom. The van der Waals surface area contributed by atoms with E-state index in [-0.39, 0.29) is 43.4 Å². The van der Waals surface area contributed by atoms with Gasteiger partial charge < -0.3 is 67.0 Å². The van der Waals surface area contributed by atoms with Crippen LogP contribution in [-0.4, -0.2) is 145 Å². The Bertz CT molecular complexity index is 2560. The number of hydrogen-bond donors (Lipinski definition) is 2. The van der Waals surface area contributed by atoms with Crippen LogP contribution >= 0.6 is 0 Å². The Morgan fingerprint density at radius 2 is 1.09 bits per heavy atom. The van der Waals surface area contributed by atoms with Crippen LogP contribution in [0.1, 0.15) is 80.4 Å². The average Bonchev–Trinajstić information content (AvgIpc) is 3.48. The summed E-state index contributed by atoms with van der Waals surface area (Å²) in [6.07, 6.45) is -10.9. The topological polar surface area (TPSA) is 209 Å². The average molecular weight is 1140 g/mol. The number of benzene rings is 4. The van der Waals surface area contributed by atoms with E-state index in [1.807, 2.05) is 108 Å². The van der Waals surface area contributed by atoms with Crippen molar-refractivity contribution in [1.82, 2.24) is 5.32 Å². The van der Waals surface area contributed by atoms with E-state index < -0.39 is 124 Å². The summed E-state index contributed by atoms with van der Waals surface area (Å²) in [5.74, 6) is -2.22. The predicted octanol–water partition coefficient (Wildman–Crippen LogP) is 8.21. The Kier molecular flexibility index (Phi) is 21.8. The van der Waals surface area contributed by atoms with Crippen molar-refractivity contribution in [1.29, 1.82) is 0 Å². The number of aliphatic hydroxyl groups excluding tert-OH is 1. The number of esters is 1. The molecule has 8 rings (SSSR count). The number of azide groups is 1. The smallest absolute Gasteiger partial charge is 0.302 e. The summed E-state index contributed by atoms with van der Waals surface area (Å²) >= 11 is 0. The molecule has 2 N–H and O–H groups in total. The van der Waals surface area contributed by atoms with Gasteiger partial charge in [0.25, 0.3) is 8.32 Å². The molecule has 18 nitrogen and oxygen atoms in total. The zero-order valence-corrected chi connectivity index (χ0v) is 50.0. The second-order valence-electron chi connectivity index (χ2n) is 23.3. The summed E-state index contributed by atoms with van der Waals surface area (Å²) in [6, 6.07) is 39.4. The zero-order chi connectivity index (χ0) is 58.0. The highest BCUT2D eigenvalue weighted by Crippen LogP contribution is 2.42. The minimum absolute atomic E-state index is 0.167. The second-order valence-corrected chi connectivity index (χ2v) is 27.6. The van der Waals surface area contributed by atoms with Crippen LogP contribution in [0, 0.1) is 23.7 Å². The SMILES string of the molecule is CNC1[C@H](OC)OC(CO[Si](c2ccccc2)(c2ccccc2)C(C)(C)C)[C@@H](O[C@@H]2OC(C)[C@@H](O[C@H]3OC(COC(C)=O)[C@@H](O[C@@H]4OC(C)[C@@H](O)[C@@H](OCc5ccccc5)C4C)[C@H](C)C3N=[N+]=[N-])[C@@H](OCc3ccccc3)C2C)[C@@H]1C. The zero-order valence-electron chi connectivity index (χ0n) is 49.0.